The summed E-state index contributed by atoms with van der Waals surface area (Å²) < 4.78 is 9.77. The molecule has 3 atom stereocenters. The standard InChI is InChI=1S/C15H23ClN4O/c1-5-12-13-15(19(4)18-12)20(14(17-13)9(2)16)10(3)11-6-7-21-8-11/h9-11H,5-8H2,1-4H3. The molecule has 0 bridgehead atoms. The van der Waals surface area contributed by atoms with Crippen LogP contribution >= 0.6 is 11.6 Å². The number of ether oxygens (including phenoxy) is 1. The lowest BCUT2D eigenvalue weighted by Crippen LogP contribution is -2.20. The predicted octanol–water partition coefficient (Wildman–Crippen LogP) is 3.23. The molecule has 5 nitrogen and oxygen atoms in total. The van der Waals surface area contributed by atoms with Crippen LogP contribution in [0, 0.1) is 5.92 Å². The molecular formula is C15H23ClN4O. The van der Waals surface area contributed by atoms with Crippen LogP contribution in [0.1, 0.15) is 50.1 Å². The van der Waals surface area contributed by atoms with Gasteiger partial charge in [0.15, 0.2) is 5.65 Å². The summed E-state index contributed by atoms with van der Waals surface area (Å²) >= 11 is 6.39. The van der Waals surface area contributed by atoms with Crippen molar-refractivity contribution in [3.63, 3.8) is 0 Å². The van der Waals surface area contributed by atoms with Crippen molar-refractivity contribution in [2.45, 2.75) is 45.0 Å². The summed E-state index contributed by atoms with van der Waals surface area (Å²) in [5.74, 6) is 1.45. The van der Waals surface area contributed by atoms with Gasteiger partial charge < -0.3 is 9.30 Å². The van der Waals surface area contributed by atoms with Gasteiger partial charge in [-0.25, -0.2) is 4.98 Å². The monoisotopic (exact) mass is 310 g/mol. The zero-order valence-electron chi connectivity index (χ0n) is 13.1. The van der Waals surface area contributed by atoms with E-state index in [0.29, 0.717) is 12.0 Å². The number of hydrogen-bond donors (Lipinski definition) is 0. The van der Waals surface area contributed by atoms with E-state index in [9.17, 15) is 0 Å². The topological polar surface area (TPSA) is 44.9 Å². The van der Waals surface area contributed by atoms with Crippen molar-refractivity contribution in [2.75, 3.05) is 13.2 Å². The normalized spacial score (nSPS) is 22.0. The number of fused-ring (bicyclic) bond motifs is 1. The van der Waals surface area contributed by atoms with Gasteiger partial charge in [0.25, 0.3) is 0 Å². The van der Waals surface area contributed by atoms with Crippen LogP contribution in [0.15, 0.2) is 0 Å². The Bertz CT molecular complexity index is 640. The number of halogens is 1. The smallest absolute Gasteiger partial charge is 0.158 e. The molecule has 2 aromatic heterocycles. The van der Waals surface area contributed by atoms with E-state index >= 15 is 0 Å². The third-order valence-electron chi connectivity index (χ3n) is 4.51. The Balaban J connectivity index is 2.17. The van der Waals surface area contributed by atoms with Gasteiger partial charge in [0.2, 0.25) is 0 Å². The van der Waals surface area contributed by atoms with Gasteiger partial charge in [-0.15, -0.1) is 11.6 Å². The second-order valence-electron chi connectivity index (χ2n) is 5.92. The maximum Gasteiger partial charge on any atom is 0.158 e. The number of nitrogens with zero attached hydrogens (tertiary/aromatic N) is 4. The Morgan fingerprint density at radius 2 is 2.19 bits per heavy atom. The summed E-state index contributed by atoms with van der Waals surface area (Å²) in [6.45, 7) is 8.00. The molecular weight excluding hydrogens is 288 g/mol. The third-order valence-corrected chi connectivity index (χ3v) is 4.70. The molecule has 0 spiro atoms. The van der Waals surface area contributed by atoms with Gasteiger partial charge in [-0.2, -0.15) is 5.10 Å². The molecule has 0 radical (unpaired) electrons. The van der Waals surface area contributed by atoms with Crippen LogP contribution < -0.4 is 0 Å². The van der Waals surface area contributed by atoms with Crippen molar-refractivity contribution < 1.29 is 4.74 Å². The van der Waals surface area contributed by atoms with E-state index in [1.165, 1.54) is 0 Å². The summed E-state index contributed by atoms with van der Waals surface area (Å²) in [6, 6.07) is 0.314. The number of aryl methyl sites for hydroxylation is 2. The second kappa shape index (κ2) is 5.61. The fraction of sp³-hybridized carbons (Fsp3) is 0.733. The van der Waals surface area contributed by atoms with E-state index in [2.05, 4.69) is 23.5 Å². The highest BCUT2D eigenvalue weighted by molar-refractivity contribution is 6.20. The molecule has 1 aliphatic heterocycles. The molecule has 2 aromatic rings. The fourth-order valence-electron chi connectivity index (χ4n) is 3.28. The highest BCUT2D eigenvalue weighted by Crippen LogP contribution is 2.34. The third kappa shape index (κ3) is 2.36. The van der Waals surface area contributed by atoms with Crippen LogP contribution in [-0.2, 0) is 18.2 Å². The van der Waals surface area contributed by atoms with Crippen LogP contribution in [0.5, 0.6) is 0 Å². The molecule has 0 N–H and O–H groups in total. The average Bonchev–Trinajstić information content (AvgIpc) is 3.14. The number of imidazole rings is 1. The van der Waals surface area contributed by atoms with Crippen LogP contribution in [0.2, 0.25) is 0 Å². The quantitative estimate of drug-likeness (QED) is 0.814. The highest BCUT2D eigenvalue weighted by atomic mass is 35.5. The Labute approximate surface area is 130 Å². The Kier molecular flexibility index (Phi) is 3.97. The van der Waals surface area contributed by atoms with Crippen LogP contribution in [0.25, 0.3) is 11.2 Å². The summed E-state index contributed by atoms with van der Waals surface area (Å²) in [5, 5.41) is 4.48. The van der Waals surface area contributed by atoms with Gasteiger partial charge in [0, 0.05) is 25.6 Å². The Morgan fingerprint density at radius 3 is 2.76 bits per heavy atom. The molecule has 6 heteroatoms. The second-order valence-corrected chi connectivity index (χ2v) is 6.57. The lowest BCUT2D eigenvalue weighted by atomic mass is 10.0. The number of rotatable bonds is 4. The van der Waals surface area contributed by atoms with Crippen molar-refractivity contribution in [3.05, 3.63) is 11.5 Å². The van der Waals surface area contributed by atoms with E-state index in [1.807, 2.05) is 18.7 Å². The van der Waals surface area contributed by atoms with Gasteiger partial charge >= 0.3 is 0 Å². The van der Waals surface area contributed by atoms with E-state index in [4.69, 9.17) is 21.3 Å². The van der Waals surface area contributed by atoms with Gasteiger partial charge in [-0.1, -0.05) is 6.92 Å². The fourth-order valence-corrected chi connectivity index (χ4v) is 3.44. The molecule has 3 unspecified atom stereocenters. The number of aromatic nitrogens is 4. The van der Waals surface area contributed by atoms with Crippen LogP contribution in [0.3, 0.4) is 0 Å². The van der Waals surface area contributed by atoms with Crippen molar-refractivity contribution in [1.29, 1.82) is 0 Å². The summed E-state index contributed by atoms with van der Waals surface area (Å²) in [7, 11) is 1.99. The first-order chi connectivity index (χ1) is 10.0. The predicted molar refractivity (Wildman–Crippen MR) is 83.8 cm³/mol. The van der Waals surface area contributed by atoms with Crippen molar-refractivity contribution in [2.24, 2.45) is 13.0 Å². The maximum absolute atomic E-state index is 6.39. The van der Waals surface area contributed by atoms with Gasteiger partial charge in [-0.3, -0.25) is 4.68 Å². The molecule has 0 saturated carbocycles. The molecule has 1 aliphatic rings. The molecule has 0 aliphatic carbocycles. The van der Waals surface area contributed by atoms with Gasteiger partial charge in [0.1, 0.15) is 11.3 Å². The van der Waals surface area contributed by atoms with Gasteiger partial charge in [-0.05, 0) is 26.7 Å². The zero-order chi connectivity index (χ0) is 15.1. The molecule has 0 amide bonds. The van der Waals surface area contributed by atoms with Crippen molar-refractivity contribution in [3.8, 4) is 0 Å². The SMILES string of the molecule is CCc1nn(C)c2c1nc(C(C)Cl)n2C(C)C1CCOC1. The minimum Gasteiger partial charge on any atom is -0.381 e. The van der Waals surface area contributed by atoms with E-state index in [1.54, 1.807) is 0 Å². The Hall–Kier alpha value is -1.07. The minimum atomic E-state index is -0.119. The van der Waals surface area contributed by atoms with Crippen LogP contribution in [-0.4, -0.2) is 32.5 Å². The lowest BCUT2D eigenvalue weighted by Gasteiger charge is -2.23. The molecule has 3 rings (SSSR count). The first kappa shape index (κ1) is 14.9. The summed E-state index contributed by atoms with van der Waals surface area (Å²) in [4.78, 5) is 4.80. The maximum atomic E-state index is 6.39. The molecule has 1 fully saturated rings. The first-order valence-electron chi connectivity index (χ1n) is 7.70. The summed E-state index contributed by atoms with van der Waals surface area (Å²) in [5.41, 5.74) is 3.11. The van der Waals surface area contributed by atoms with E-state index in [0.717, 1.165) is 48.7 Å². The minimum absolute atomic E-state index is 0.119. The average molecular weight is 311 g/mol. The largest absolute Gasteiger partial charge is 0.381 e. The number of hydrogen-bond acceptors (Lipinski definition) is 3. The van der Waals surface area contributed by atoms with E-state index < -0.39 is 0 Å². The molecule has 116 valence electrons. The van der Waals surface area contributed by atoms with Gasteiger partial charge in [0.05, 0.1) is 17.7 Å². The molecule has 0 aromatic carbocycles. The number of alkyl halides is 1. The first-order valence-corrected chi connectivity index (χ1v) is 8.13. The van der Waals surface area contributed by atoms with Crippen LogP contribution in [0.4, 0.5) is 0 Å². The highest BCUT2D eigenvalue weighted by Gasteiger charge is 2.30. The molecule has 1 saturated heterocycles. The van der Waals surface area contributed by atoms with Crippen molar-refractivity contribution >= 4 is 22.8 Å². The zero-order valence-corrected chi connectivity index (χ0v) is 13.9. The van der Waals surface area contributed by atoms with E-state index in [-0.39, 0.29) is 5.38 Å². The lowest BCUT2D eigenvalue weighted by molar-refractivity contribution is 0.175. The molecule has 3 heterocycles. The summed E-state index contributed by atoms with van der Waals surface area (Å²) in [6.07, 6.45) is 1.97. The Morgan fingerprint density at radius 1 is 1.43 bits per heavy atom. The molecule has 21 heavy (non-hydrogen) atoms. The van der Waals surface area contributed by atoms with Crippen molar-refractivity contribution in [1.82, 2.24) is 19.3 Å².